The predicted molar refractivity (Wildman–Crippen MR) is 151 cm³/mol. The molecule has 1 aliphatic heterocycles. The number of nitriles is 1. The van der Waals surface area contributed by atoms with Crippen LogP contribution in [0.25, 0.3) is 22.3 Å². The van der Waals surface area contributed by atoms with Gasteiger partial charge in [0.1, 0.15) is 22.9 Å². The van der Waals surface area contributed by atoms with Gasteiger partial charge in [-0.15, -0.1) is 0 Å². The van der Waals surface area contributed by atoms with Crippen molar-refractivity contribution in [1.29, 1.82) is 5.26 Å². The summed E-state index contributed by atoms with van der Waals surface area (Å²) in [5.74, 6) is 0.130. The summed E-state index contributed by atoms with van der Waals surface area (Å²) in [6, 6.07) is 9.38. The molecule has 0 amide bonds. The first-order chi connectivity index (χ1) is 19.2. The summed E-state index contributed by atoms with van der Waals surface area (Å²) >= 11 is 0. The van der Waals surface area contributed by atoms with Gasteiger partial charge in [-0.2, -0.15) is 5.26 Å². The van der Waals surface area contributed by atoms with Gasteiger partial charge in [-0.3, -0.25) is 0 Å². The van der Waals surface area contributed by atoms with E-state index in [9.17, 15) is 9.65 Å². The number of anilines is 2. The topological polar surface area (TPSA) is 95.6 Å². The van der Waals surface area contributed by atoms with E-state index in [0.717, 1.165) is 44.2 Å². The molecule has 1 atom stereocenters. The second-order valence-corrected chi connectivity index (χ2v) is 10.9. The van der Waals surface area contributed by atoms with E-state index in [-0.39, 0.29) is 29.1 Å². The molecule has 5 rings (SSSR count). The largest absolute Gasteiger partial charge is 0.326 e. The fraction of sp³-hybridized carbons (Fsp3) is 0.433. The van der Waals surface area contributed by atoms with E-state index in [4.69, 9.17) is 0 Å². The number of hydrogen-bond acceptors (Lipinski definition) is 7. The van der Waals surface area contributed by atoms with Crippen molar-refractivity contribution in [3.8, 4) is 17.3 Å². The standard InChI is InChI=1S/C30H34F2N8/c1-6-39-11-9-30(17-33,10-12-39)19(4)21-7-8-26(34-15-21)37-29-35-16-24(32)27(38-29)22-13-23(31)28-25(14-22)40(18(2)3)20(5)36-28/h7-8,13-16,18-19H,6,9-12H2,1-5H3,(H,34,35,37,38)/t19-/m1/s1. The summed E-state index contributed by atoms with van der Waals surface area (Å²) in [5, 5.41) is 13.1. The Morgan fingerprint density at radius 2 is 1.80 bits per heavy atom. The summed E-state index contributed by atoms with van der Waals surface area (Å²) in [6.45, 7) is 12.9. The molecule has 40 heavy (non-hydrogen) atoms. The van der Waals surface area contributed by atoms with E-state index in [1.165, 1.54) is 6.07 Å². The molecule has 1 N–H and O–H groups in total. The van der Waals surface area contributed by atoms with Gasteiger partial charge < -0.3 is 14.8 Å². The summed E-state index contributed by atoms with van der Waals surface area (Å²) in [4.78, 5) is 19.7. The van der Waals surface area contributed by atoms with Crippen LogP contribution in [0.5, 0.6) is 0 Å². The fourth-order valence-corrected chi connectivity index (χ4v) is 5.77. The van der Waals surface area contributed by atoms with Gasteiger partial charge in [0.25, 0.3) is 0 Å². The first-order valence-electron chi connectivity index (χ1n) is 13.7. The van der Waals surface area contributed by atoms with Gasteiger partial charge in [-0.25, -0.2) is 28.7 Å². The maximum atomic E-state index is 15.0. The lowest BCUT2D eigenvalue weighted by Crippen LogP contribution is -2.41. The van der Waals surface area contributed by atoms with Crippen LogP contribution in [0.15, 0.2) is 36.7 Å². The quantitative estimate of drug-likeness (QED) is 0.283. The average molecular weight is 545 g/mol. The monoisotopic (exact) mass is 544 g/mol. The minimum atomic E-state index is -0.662. The Labute approximate surface area is 233 Å². The maximum absolute atomic E-state index is 15.0. The lowest BCUT2D eigenvalue weighted by Gasteiger charge is -2.40. The molecule has 0 aliphatic carbocycles. The number of aryl methyl sites for hydroxylation is 1. The molecule has 0 saturated carbocycles. The third kappa shape index (κ3) is 5.02. The number of nitrogens with zero attached hydrogens (tertiary/aromatic N) is 7. The van der Waals surface area contributed by atoms with E-state index in [0.29, 0.717) is 22.7 Å². The van der Waals surface area contributed by atoms with Crippen LogP contribution in [-0.2, 0) is 0 Å². The molecule has 1 aromatic carbocycles. The molecule has 0 spiro atoms. The second-order valence-electron chi connectivity index (χ2n) is 10.9. The Kier molecular flexibility index (Phi) is 7.51. The van der Waals surface area contributed by atoms with Gasteiger partial charge in [0.15, 0.2) is 11.6 Å². The molecule has 8 nitrogen and oxygen atoms in total. The van der Waals surface area contributed by atoms with Gasteiger partial charge >= 0.3 is 0 Å². The molecule has 3 aromatic heterocycles. The van der Waals surface area contributed by atoms with Crippen molar-refractivity contribution in [3.63, 3.8) is 0 Å². The van der Waals surface area contributed by atoms with E-state index in [1.807, 2.05) is 31.4 Å². The molecular formula is C30H34F2N8. The molecule has 10 heteroatoms. The van der Waals surface area contributed by atoms with Crippen molar-refractivity contribution in [3.05, 3.63) is 59.7 Å². The lowest BCUT2D eigenvalue weighted by molar-refractivity contribution is 0.132. The molecule has 1 saturated heterocycles. The summed E-state index contributed by atoms with van der Waals surface area (Å²) in [7, 11) is 0. The Morgan fingerprint density at radius 3 is 2.42 bits per heavy atom. The highest BCUT2D eigenvalue weighted by molar-refractivity contribution is 5.83. The number of hydrogen-bond donors (Lipinski definition) is 1. The number of nitrogens with one attached hydrogen (secondary N) is 1. The van der Waals surface area contributed by atoms with Crippen molar-refractivity contribution in [1.82, 2.24) is 29.4 Å². The number of aromatic nitrogens is 5. The summed E-state index contributed by atoms with van der Waals surface area (Å²) in [5.41, 5.74) is 1.66. The second kappa shape index (κ2) is 10.9. The minimum absolute atomic E-state index is 0.0212. The number of benzene rings is 1. The van der Waals surface area contributed by atoms with Crippen LogP contribution in [0.4, 0.5) is 20.5 Å². The number of piperidine rings is 1. The highest BCUT2D eigenvalue weighted by Crippen LogP contribution is 2.43. The third-order valence-corrected chi connectivity index (χ3v) is 8.23. The molecular weight excluding hydrogens is 510 g/mol. The molecule has 0 unspecified atom stereocenters. The first kappa shape index (κ1) is 27.6. The van der Waals surface area contributed by atoms with Gasteiger partial charge in [-0.1, -0.05) is 19.9 Å². The maximum Gasteiger partial charge on any atom is 0.229 e. The number of pyridine rings is 1. The number of likely N-dealkylation sites (tertiary alicyclic amines) is 1. The molecule has 0 radical (unpaired) electrons. The number of imidazole rings is 1. The Balaban J connectivity index is 1.39. The molecule has 4 aromatic rings. The third-order valence-electron chi connectivity index (χ3n) is 8.23. The highest BCUT2D eigenvalue weighted by atomic mass is 19.1. The zero-order valence-electron chi connectivity index (χ0n) is 23.5. The van der Waals surface area contributed by atoms with Crippen molar-refractivity contribution >= 4 is 22.8 Å². The molecule has 208 valence electrons. The number of halogens is 2. The van der Waals surface area contributed by atoms with Crippen LogP contribution in [-0.4, -0.2) is 49.0 Å². The van der Waals surface area contributed by atoms with Gasteiger partial charge in [0.2, 0.25) is 5.95 Å². The van der Waals surface area contributed by atoms with Gasteiger partial charge in [0, 0.05) is 23.7 Å². The molecule has 1 aliphatic rings. The van der Waals surface area contributed by atoms with Crippen molar-refractivity contribution < 1.29 is 8.78 Å². The van der Waals surface area contributed by atoms with Gasteiger partial charge in [-0.05, 0) is 77.0 Å². The van der Waals surface area contributed by atoms with Crippen LogP contribution in [0.1, 0.15) is 63.9 Å². The zero-order valence-corrected chi connectivity index (χ0v) is 23.5. The number of rotatable bonds is 7. The smallest absolute Gasteiger partial charge is 0.229 e. The van der Waals surface area contributed by atoms with Crippen LogP contribution in [0.3, 0.4) is 0 Å². The first-order valence-corrected chi connectivity index (χ1v) is 13.7. The predicted octanol–water partition coefficient (Wildman–Crippen LogP) is 6.53. The summed E-state index contributed by atoms with van der Waals surface area (Å²) in [6.07, 6.45) is 4.48. The Hall–Kier alpha value is -3.97. The van der Waals surface area contributed by atoms with E-state index in [2.05, 4.69) is 50.1 Å². The van der Waals surface area contributed by atoms with Crippen molar-refractivity contribution in [2.24, 2.45) is 5.41 Å². The van der Waals surface area contributed by atoms with E-state index in [1.54, 1.807) is 18.3 Å². The molecule has 4 heterocycles. The normalized spacial score (nSPS) is 16.3. The fourth-order valence-electron chi connectivity index (χ4n) is 5.77. The van der Waals surface area contributed by atoms with E-state index < -0.39 is 17.0 Å². The van der Waals surface area contributed by atoms with Crippen LogP contribution >= 0.6 is 0 Å². The molecule has 1 fully saturated rings. The SMILES string of the molecule is CCN1CCC(C#N)([C@H](C)c2ccc(Nc3ncc(F)c(-c4cc(F)c5nc(C)n(C(C)C)c5c4)n3)nc2)CC1. The zero-order chi connectivity index (χ0) is 28.6. The number of fused-ring (bicyclic) bond motifs is 1. The van der Waals surface area contributed by atoms with Crippen LogP contribution in [0.2, 0.25) is 0 Å². The summed E-state index contributed by atoms with van der Waals surface area (Å²) < 4.78 is 31.8. The van der Waals surface area contributed by atoms with Crippen molar-refractivity contribution in [2.45, 2.75) is 59.4 Å². The van der Waals surface area contributed by atoms with Crippen molar-refractivity contribution in [2.75, 3.05) is 25.0 Å². The Morgan fingerprint density at radius 1 is 1.05 bits per heavy atom. The molecule has 0 bridgehead atoms. The average Bonchev–Trinajstić information content (AvgIpc) is 3.30. The minimum Gasteiger partial charge on any atom is -0.326 e. The van der Waals surface area contributed by atoms with Crippen LogP contribution < -0.4 is 5.32 Å². The van der Waals surface area contributed by atoms with Gasteiger partial charge in [0.05, 0.1) is 23.2 Å². The Bertz CT molecular complexity index is 1560. The van der Waals surface area contributed by atoms with Crippen LogP contribution in [0, 0.1) is 35.3 Å². The lowest BCUT2D eigenvalue weighted by atomic mass is 9.68. The van der Waals surface area contributed by atoms with E-state index >= 15 is 4.39 Å². The highest BCUT2D eigenvalue weighted by Gasteiger charge is 2.40.